The molecule has 0 saturated carbocycles. The molecule has 0 aromatic carbocycles. The van der Waals surface area contributed by atoms with Gasteiger partial charge in [-0.05, 0) is 12.0 Å². The Bertz CT molecular complexity index is 72.1. The molecule has 0 saturated heterocycles. The van der Waals surface area contributed by atoms with Crippen LogP contribution in [0.5, 0.6) is 0 Å². The second-order valence-electron chi connectivity index (χ2n) is 1.70. The van der Waals surface area contributed by atoms with Crippen LogP contribution in [0.4, 0.5) is 4.39 Å². The second-order valence-corrected chi connectivity index (χ2v) is 2.06. The molecule has 0 atom stereocenters. The van der Waals surface area contributed by atoms with E-state index in [1.807, 2.05) is 13.8 Å². The summed E-state index contributed by atoms with van der Waals surface area (Å²) in [5.74, 6) is 0.206. The predicted molar refractivity (Wildman–Crippen MR) is 29.9 cm³/mol. The molecule has 0 fully saturated rings. The molecule has 0 spiro atoms. The Morgan fingerprint density at radius 3 is 2.14 bits per heavy atom. The normalized spacial score (nSPS) is 13.0. The Kier molecular flexibility index (Phi) is 3.01. The van der Waals surface area contributed by atoms with Gasteiger partial charge in [0.15, 0.2) is 5.29 Å². The maximum atomic E-state index is 11.6. The summed E-state index contributed by atoms with van der Waals surface area (Å²) in [6.07, 6.45) is 1.35. The highest BCUT2D eigenvalue weighted by molar-refractivity contribution is 6.28. The van der Waals surface area contributed by atoms with Gasteiger partial charge in [0.1, 0.15) is 0 Å². The van der Waals surface area contributed by atoms with E-state index in [1.165, 1.54) is 6.08 Å². The van der Waals surface area contributed by atoms with Gasteiger partial charge in [-0.3, -0.25) is 0 Å². The summed E-state index contributed by atoms with van der Waals surface area (Å²) in [5, 5.41) is -0.616. The van der Waals surface area contributed by atoms with E-state index in [4.69, 9.17) is 11.6 Å². The van der Waals surface area contributed by atoms with Crippen LogP contribution < -0.4 is 0 Å². The molecule has 0 aliphatic carbocycles. The zero-order chi connectivity index (χ0) is 5.86. The highest BCUT2D eigenvalue weighted by Crippen LogP contribution is 2.06. The van der Waals surface area contributed by atoms with E-state index in [0.717, 1.165) is 0 Å². The number of hydrogen-bond acceptors (Lipinski definition) is 0. The molecule has 0 aromatic heterocycles. The van der Waals surface area contributed by atoms with Crippen LogP contribution in [0.2, 0.25) is 0 Å². The molecule has 7 heavy (non-hydrogen) atoms. The van der Waals surface area contributed by atoms with Crippen LogP contribution in [-0.2, 0) is 0 Å². The van der Waals surface area contributed by atoms with Gasteiger partial charge in [-0.2, -0.15) is 4.39 Å². The van der Waals surface area contributed by atoms with Gasteiger partial charge in [0.2, 0.25) is 0 Å². The zero-order valence-corrected chi connectivity index (χ0v) is 5.17. The molecule has 0 radical (unpaired) electrons. The topological polar surface area (TPSA) is 0 Å². The highest BCUT2D eigenvalue weighted by atomic mass is 35.5. The first-order valence-electron chi connectivity index (χ1n) is 2.15. The average Bonchev–Trinajstić information content (AvgIpc) is 1.27. The monoisotopic (exact) mass is 122 g/mol. The minimum atomic E-state index is -0.616. The summed E-state index contributed by atoms with van der Waals surface area (Å²) in [7, 11) is 0. The van der Waals surface area contributed by atoms with Crippen molar-refractivity contribution in [2.24, 2.45) is 5.92 Å². The number of allylic oxidation sites excluding steroid dienone is 1. The van der Waals surface area contributed by atoms with E-state index in [9.17, 15) is 4.39 Å². The van der Waals surface area contributed by atoms with Gasteiger partial charge in [0.05, 0.1) is 0 Å². The van der Waals surface area contributed by atoms with E-state index in [0.29, 0.717) is 0 Å². The average molecular weight is 123 g/mol. The molecule has 0 bridgehead atoms. The summed E-state index contributed by atoms with van der Waals surface area (Å²) in [5.41, 5.74) is 0. The molecule has 0 heterocycles. The van der Waals surface area contributed by atoms with Crippen molar-refractivity contribution in [3.05, 3.63) is 11.4 Å². The van der Waals surface area contributed by atoms with Crippen molar-refractivity contribution in [1.29, 1.82) is 0 Å². The zero-order valence-electron chi connectivity index (χ0n) is 4.41. The Labute approximate surface area is 48.0 Å². The van der Waals surface area contributed by atoms with Gasteiger partial charge in [0, 0.05) is 0 Å². The number of rotatable bonds is 1. The third-order valence-electron chi connectivity index (χ3n) is 0.459. The maximum absolute atomic E-state index is 11.6. The van der Waals surface area contributed by atoms with E-state index < -0.39 is 5.29 Å². The molecule has 0 aliphatic heterocycles. The number of halogens is 2. The largest absolute Gasteiger partial charge is 0.194 e. The quantitative estimate of drug-likeness (QED) is 0.502. The summed E-state index contributed by atoms with van der Waals surface area (Å²) in [4.78, 5) is 0. The number of hydrogen-bond donors (Lipinski definition) is 0. The van der Waals surface area contributed by atoms with Crippen LogP contribution in [0.15, 0.2) is 11.4 Å². The summed E-state index contributed by atoms with van der Waals surface area (Å²) in [6.45, 7) is 3.73. The van der Waals surface area contributed by atoms with Gasteiger partial charge in [-0.25, -0.2) is 0 Å². The molecule has 0 N–H and O–H groups in total. The van der Waals surface area contributed by atoms with Crippen molar-refractivity contribution in [1.82, 2.24) is 0 Å². The van der Waals surface area contributed by atoms with Crippen LogP contribution in [0.3, 0.4) is 0 Å². The summed E-state index contributed by atoms with van der Waals surface area (Å²) < 4.78 is 11.6. The SMILES string of the molecule is CC(C)/C=C(\F)Cl. The highest BCUT2D eigenvalue weighted by Gasteiger charge is 1.87. The van der Waals surface area contributed by atoms with Crippen LogP contribution in [-0.4, -0.2) is 0 Å². The van der Waals surface area contributed by atoms with E-state index >= 15 is 0 Å². The van der Waals surface area contributed by atoms with Gasteiger partial charge in [-0.1, -0.05) is 25.4 Å². The van der Waals surface area contributed by atoms with Crippen molar-refractivity contribution in [2.45, 2.75) is 13.8 Å². The van der Waals surface area contributed by atoms with Crippen LogP contribution >= 0.6 is 11.6 Å². The van der Waals surface area contributed by atoms with E-state index in [2.05, 4.69) is 0 Å². The first kappa shape index (κ1) is 6.96. The molecule has 0 nitrogen and oxygen atoms in total. The van der Waals surface area contributed by atoms with E-state index in [-0.39, 0.29) is 5.92 Å². The van der Waals surface area contributed by atoms with Crippen molar-refractivity contribution in [3.8, 4) is 0 Å². The van der Waals surface area contributed by atoms with Crippen molar-refractivity contribution in [2.75, 3.05) is 0 Å². The van der Waals surface area contributed by atoms with Crippen LogP contribution in [0, 0.1) is 5.92 Å². The van der Waals surface area contributed by atoms with Gasteiger partial charge < -0.3 is 0 Å². The summed E-state index contributed by atoms with van der Waals surface area (Å²) in [6, 6.07) is 0. The van der Waals surface area contributed by atoms with Gasteiger partial charge >= 0.3 is 0 Å². The molecule has 0 unspecified atom stereocenters. The fraction of sp³-hybridized carbons (Fsp3) is 0.600. The second kappa shape index (κ2) is 3.03. The van der Waals surface area contributed by atoms with Gasteiger partial charge in [0.25, 0.3) is 0 Å². The lowest BCUT2D eigenvalue weighted by Gasteiger charge is -1.88. The Morgan fingerprint density at radius 1 is 1.71 bits per heavy atom. The van der Waals surface area contributed by atoms with Crippen LogP contribution in [0.1, 0.15) is 13.8 Å². The molecule has 2 heteroatoms. The van der Waals surface area contributed by atoms with Crippen molar-refractivity contribution < 1.29 is 4.39 Å². The minimum absolute atomic E-state index is 0.206. The van der Waals surface area contributed by atoms with E-state index in [1.54, 1.807) is 0 Å². The Morgan fingerprint density at radius 2 is 2.14 bits per heavy atom. The standard InChI is InChI=1S/C5H8ClF/c1-4(2)3-5(6)7/h3-4H,1-2H3/b5-3-. The Balaban J connectivity index is 3.45. The maximum Gasteiger partial charge on any atom is 0.185 e. The first-order valence-corrected chi connectivity index (χ1v) is 2.53. The lowest BCUT2D eigenvalue weighted by molar-refractivity contribution is 0.670. The third kappa shape index (κ3) is 5.96. The fourth-order valence-corrected chi connectivity index (χ4v) is 0.504. The predicted octanol–water partition coefficient (Wildman–Crippen LogP) is 2.69. The summed E-state index contributed by atoms with van der Waals surface area (Å²) >= 11 is 4.87. The Hall–Kier alpha value is -0.0400. The fourth-order valence-electron chi connectivity index (χ4n) is 0.252. The first-order chi connectivity index (χ1) is 3.13. The lowest BCUT2D eigenvalue weighted by atomic mass is 10.2. The molecule has 42 valence electrons. The molecule has 0 amide bonds. The smallest absolute Gasteiger partial charge is 0.185 e. The molecule has 0 aliphatic rings. The minimum Gasteiger partial charge on any atom is -0.194 e. The van der Waals surface area contributed by atoms with Crippen molar-refractivity contribution in [3.63, 3.8) is 0 Å². The lowest BCUT2D eigenvalue weighted by Crippen LogP contribution is -1.75. The van der Waals surface area contributed by atoms with Gasteiger partial charge in [-0.15, -0.1) is 0 Å². The molecular weight excluding hydrogens is 115 g/mol. The third-order valence-corrected chi connectivity index (χ3v) is 0.585. The van der Waals surface area contributed by atoms with Crippen molar-refractivity contribution >= 4 is 11.6 Å². The molecule has 0 rings (SSSR count). The molecule has 0 aromatic rings. The molecular formula is C5H8ClF. The van der Waals surface area contributed by atoms with Crippen LogP contribution in [0.25, 0.3) is 0 Å².